The van der Waals surface area contributed by atoms with E-state index < -0.39 is 11.2 Å². The van der Waals surface area contributed by atoms with E-state index in [-0.39, 0.29) is 31.3 Å². The Bertz CT molecular complexity index is 890. The maximum atomic E-state index is 14.3. The summed E-state index contributed by atoms with van der Waals surface area (Å²) in [6.45, 7) is 4.08. The van der Waals surface area contributed by atoms with Crippen LogP contribution in [0.3, 0.4) is 0 Å². The minimum Gasteiger partial charge on any atom is -0.466 e. The molecule has 0 aliphatic carbocycles. The Morgan fingerprint density at radius 1 is 1.30 bits per heavy atom. The van der Waals surface area contributed by atoms with E-state index in [0.29, 0.717) is 10.0 Å². The van der Waals surface area contributed by atoms with Gasteiger partial charge in [-0.1, -0.05) is 28.1 Å². The maximum absolute atomic E-state index is 14.3. The summed E-state index contributed by atoms with van der Waals surface area (Å²) in [6.07, 6.45) is -0.00988. The van der Waals surface area contributed by atoms with Crippen molar-refractivity contribution >= 4 is 45.3 Å². The predicted octanol–water partition coefficient (Wildman–Crippen LogP) is 4.86. The minimum absolute atomic E-state index is 0.00988. The molecule has 4 nitrogen and oxygen atoms in total. The Hall–Kier alpha value is -1.86. The summed E-state index contributed by atoms with van der Waals surface area (Å²) in [5, 5.41) is -0.586. The molecule has 0 bridgehead atoms. The molecule has 1 amide bonds. The molecule has 0 saturated carbocycles. The van der Waals surface area contributed by atoms with Crippen molar-refractivity contribution in [3.8, 4) is 0 Å². The first-order chi connectivity index (χ1) is 12.9. The third-order valence-corrected chi connectivity index (χ3v) is 5.94. The largest absolute Gasteiger partial charge is 0.466 e. The number of ether oxygens (including phenoxy) is 1. The van der Waals surface area contributed by atoms with Gasteiger partial charge in [0.1, 0.15) is 5.82 Å². The number of fused-ring (bicyclic) bond motifs is 1. The van der Waals surface area contributed by atoms with Crippen LogP contribution in [0.5, 0.6) is 0 Å². The summed E-state index contributed by atoms with van der Waals surface area (Å²) in [5.74, 6) is -1.01. The van der Waals surface area contributed by atoms with E-state index >= 15 is 0 Å². The van der Waals surface area contributed by atoms with Crippen LogP contribution in [-0.4, -0.2) is 23.7 Å². The number of rotatable bonds is 5. The van der Waals surface area contributed by atoms with Crippen LogP contribution in [0.4, 0.5) is 10.1 Å². The van der Waals surface area contributed by atoms with Gasteiger partial charge in [-0.05, 0) is 43.7 Å². The Kier molecular flexibility index (Phi) is 6.22. The second-order valence-corrected chi connectivity index (χ2v) is 8.41. The highest BCUT2D eigenvalue weighted by atomic mass is 79.9. The Labute approximate surface area is 170 Å². The molecule has 2 aromatic rings. The molecule has 1 heterocycles. The first-order valence-electron chi connectivity index (χ1n) is 8.57. The number of carbonyl (C=O) groups is 2. The summed E-state index contributed by atoms with van der Waals surface area (Å²) >= 11 is 4.60. The quantitative estimate of drug-likeness (QED) is 0.609. The molecule has 0 N–H and O–H groups in total. The predicted molar refractivity (Wildman–Crippen MR) is 107 cm³/mol. The van der Waals surface area contributed by atoms with Gasteiger partial charge in [-0.3, -0.25) is 9.59 Å². The van der Waals surface area contributed by atoms with Crippen molar-refractivity contribution in [3.63, 3.8) is 0 Å². The first-order valence-corrected chi connectivity index (χ1v) is 10.2. The smallest absolute Gasteiger partial charge is 0.307 e. The van der Waals surface area contributed by atoms with Gasteiger partial charge in [0.05, 0.1) is 30.5 Å². The number of carbonyl (C=O) groups excluding carboxylic acids is 2. The lowest BCUT2D eigenvalue weighted by Gasteiger charge is -2.33. The van der Waals surface area contributed by atoms with Crippen LogP contribution in [0.2, 0.25) is 0 Å². The summed E-state index contributed by atoms with van der Waals surface area (Å²) < 4.78 is 20.0. The van der Waals surface area contributed by atoms with Crippen LogP contribution in [-0.2, 0) is 20.9 Å². The Morgan fingerprint density at radius 2 is 2.07 bits per heavy atom. The molecule has 7 heteroatoms. The molecule has 0 fully saturated rings. The molecule has 2 aromatic carbocycles. The van der Waals surface area contributed by atoms with E-state index in [4.69, 9.17) is 4.74 Å². The third kappa shape index (κ3) is 4.52. The van der Waals surface area contributed by atoms with Crippen LogP contribution in [0.25, 0.3) is 0 Å². The molecule has 1 unspecified atom stereocenters. The molecule has 0 saturated heterocycles. The van der Waals surface area contributed by atoms with E-state index in [1.807, 2.05) is 25.1 Å². The lowest BCUT2D eigenvalue weighted by Crippen LogP contribution is -2.41. The normalized spacial score (nSPS) is 16.2. The molecular formula is C20H19BrFNO3S. The topological polar surface area (TPSA) is 46.6 Å². The summed E-state index contributed by atoms with van der Waals surface area (Å²) in [4.78, 5) is 27.4. The van der Waals surface area contributed by atoms with Crippen molar-refractivity contribution in [1.82, 2.24) is 0 Å². The molecular weight excluding hydrogens is 433 g/mol. The number of thioether (sulfide) groups is 1. The highest BCUT2D eigenvalue weighted by molar-refractivity contribution is 9.10. The number of benzene rings is 2. The molecule has 27 heavy (non-hydrogen) atoms. The van der Waals surface area contributed by atoms with E-state index in [1.54, 1.807) is 24.0 Å². The van der Waals surface area contributed by atoms with Gasteiger partial charge < -0.3 is 9.64 Å². The first kappa shape index (κ1) is 19.9. The van der Waals surface area contributed by atoms with Crippen LogP contribution < -0.4 is 4.90 Å². The molecule has 0 spiro atoms. The van der Waals surface area contributed by atoms with Crippen LogP contribution in [0, 0.1) is 12.7 Å². The average molecular weight is 452 g/mol. The van der Waals surface area contributed by atoms with Crippen LogP contribution in [0.15, 0.2) is 45.8 Å². The fourth-order valence-corrected chi connectivity index (χ4v) is 4.56. The number of anilines is 1. The number of nitrogens with zero attached hydrogens (tertiary/aromatic N) is 1. The van der Waals surface area contributed by atoms with Gasteiger partial charge >= 0.3 is 5.97 Å². The van der Waals surface area contributed by atoms with E-state index in [9.17, 15) is 14.0 Å². The minimum atomic E-state index is -0.586. The zero-order valence-corrected chi connectivity index (χ0v) is 17.4. The lowest BCUT2D eigenvalue weighted by atomic mass is 10.1. The van der Waals surface area contributed by atoms with Crippen molar-refractivity contribution in [2.75, 3.05) is 11.5 Å². The van der Waals surface area contributed by atoms with Gasteiger partial charge in [-0.2, -0.15) is 0 Å². The van der Waals surface area contributed by atoms with Crippen LogP contribution >= 0.6 is 27.7 Å². The average Bonchev–Trinajstić information content (AvgIpc) is 2.60. The molecule has 142 valence electrons. The number of aryl methyl sites for hydroxylation is 1. The zero-order chi connectivity index (χ0) is 19.6. The van der Waals surface area contributed by atoms with Crippen molar-refractivity contribution in [2.24, 2.45) is 0 Å². The van der Waals surface area contributed by atoms with E-state index in [1.165, 1.54) is 17.8 Å². The van der Waals surface area contributed by atoms with Gasteiger partial charge in [0, 0.05) is 14.9 Å². The van der Waals surface area contributed by atoms with Gasteiger partial charge in [0.15, 0.2) is 0 Å². The number of hydrogen-bond donors (Lipinski definition) is 0. The Balaban J connectivity index is 1.94. The van der Waals surface area contributed by atoms with Gasteiger partial charge in [-0.25, -0.2) is 4.39 Å². The summed E-state index contributed by atoms with van der Waals surface area (Å²) in [6, 6.07) is 10.5. The SMILES string of the molecule is CCOC(=O)CC1Sc2cc(C)ccc2N(Cc2ccc(Br)cc2F)C1=O. The second kappa shape index (κ2) is 8.44. The van der Waals surface area contributed by atoms with E-state index in [2.05, 4.69) is 15.9 Å². The van der Waals surface area contributed by atoms with Gasteiger partial charge in [0.25, 0.3) is 0 Å². The molecule has 1 atom stereocenters. The van der Waals surface area contributed by atoms with E-state index in [0.717, 1.165) is 16.1 Å². The monoisotopic (exact) mass is 451 g/mol. The molecule has 1 aliphatic rings. The van der Waals surface area contributed by atoms with Gasteiger partial charge in [-0.15, -0.1) is 11.8 Å². The molecule has 3 rings (SSSR count). The number of hydrogen-bond acceptors (Lipinski definition) is 4. The third-order valence-electron chi connectivity index (χ3n) is 4.22. The van der Waals surface area contributed by atoms with Crippen molar-refractivity contribution in [2.45, 2.75) is 37.0 Å². The molecule has 1 aliphatic heterocycles. The lowest BCUT2D eigenvalue weighted by molar-refractivity contribution is -0.144. The fraction of sp³-hybridized carbons (Fsp3) is 0.300. The molecule has 0 aromatic heterocycles. The Morgan fingerprint density at radius 3 is 2.78 bits per heavy atom. The maximum Gasteiger partial charge on any atom is 0.307 e. The number of amides is 1. The fourth-order valence-electron chi connectivity index (χ4n) is 2.92. The highest BCUT2D eigenvalue weighted by Gasteiger charge is 2.35. The van der Waals surface area contributed by atoms with Crippen molar-refractivity contribution in [3.05, 3.63) is 57.8 Å². The zero-order valence-electron chi connectivity index (χ0n) is 15.0. The summed E-state index contributed by atoms with van der Waals surface area (Å²) in [7, 11) is 0. The highest BCUT2D eigenvalue weighted by Crippen LogP contribution is 2.41. The summed E-state index contributed by atoms with van der Waals surface area (Å²) in [5.41, 5.74) is 2.21. The van der Waals surface area contributed by atoms with Crippen molar-refractivity contribution in [1.29, 1.82) is 0 Å². The molecule has 0 radical (unpaired) electrons. The standard InChI is InChI=1S/C20H19BrFNO3S/c1-3-26-19(24)10-18-20(25)23(11-13-5-6-14(21)9-15(13)22)16-7-4-12(2)8-17(16)27-18/h4-9,18H,3,10-11H2,1-2H3. The number of esters is 1. The second-order valence-electron chi connectivity index (χ2n) is 6.25. The van der Waals surface area contributed by atoms with Gasteiger partial charge in [0.2, 0.25) is 5.91 Å². The number of halogens is 2. The van der Waals surface area contributed by atoms with Crippen molar-refractivity contribution < 1.29 is 18.7 Å². The van der Waals surface area contributed by atoms with Crippen LogP contribution in [0.1, 0.15) is 24.5 Å².